The van der Waals surface area contributed by atoms with Crippen molar-refractivity contribution in [2.24, 2.45) is 0 Å². The topological polar surface area (TPSA) is 4.93 Å². The maximum Gasteiger partial charge on any atom is 0.180 e. The van der Waals surface area contributed by atoms with E-state index < -0.39 is 8.07 Å². The number of aromatic nitrogens is 1. The van der Waals surface area contributed by atoms with Gasteiger partial charge in [-0.1, -0.05) is 152 Å². The maximum atomic E-state index is 2.42. The summed E-state index contributed by atoms with van der Waals surface area (Å²) in [4.78, 5) is 0. The summed E-state index contributed by atoms with van der Waals surface area (Å²) in [5.74, 6) is 0. The number of hydrogen-bond acceptors (Lipinski definition) is 0. The van der Waals surface area contributed by atoms with Gasteiger partial charge in [0.1, 0.15) is 0 Å². The van der Waals surface area contributed by atoms with Gasteiger partial charge in [0.05, 0.1) is 11.0 Å². The summed E-state index contributed by atoms with van der Waals surface area (Å²) < 4.78 is 2.41. The molecule has 0 N–H and O–H groups in total. The van der Waals surface area contributed by atoms with Gasteiger partial charge >= 0.3 is 0 Å². The summed E-state index contributed by atoms with van der Waals surface area (Å²) in [6.45, 7) is 0. The van der Waals surface area contributed by atoms with E-state index >= 15 is 0 Å². The van der Waals surface area contributed by atoms with E-state index in [1.165, 1.54) is 70.5 Å². The highest BCUT2D eigenvalue weighted by Crippen LogP contribution is 2.36. The van der Waals surface area contributed by atoms with Gasteiger partial charge in [-0.3, -0.25) is 0 Å². The van der Waals surface area contributed by atoms with E-state index in [4.69, 9.17) is 0 Å². The zero-order chi connectivity index (χ0) is 29.1. The highest BCUT2D eigenvalue weighted by molar-refractivity contribution is 7.21. The van der Waals surface area contributed by atoms with Crippen LogP contribution >= 0.6 is 0 Å². The Labute approximate surface area is 258 Å². The Balaban J connectivity index is 1.37. The minimum atomic E-state index is -2.75. The third-order valence-electron chi connectivity index (χ3n) is 9.51. The Morgan fingerprint density at radius 2 is 0.727 bits per heavy atom. The second kappa shape index (κ2) is 9.80. The second-order valence-electron chi connectivity index (χ2n) is 11.7. The van der Waals surface area contributed by atoms with Crippen LogP contribution in [-0.2, 0) is 0 Å². The molecule has 0 amide bonds. The van der Waals surface area contributed by atoms with Gasteiger partial charge in [0.15, 0.2) is 8.07 Å². The van der Waals surface area contributed by atoms with Gasteiger partial charge in [0.2, 0.25) is 0 Å². The summed E-state index contributed by atoms with van der Waals surface area (Å²) >= 11 is 0. The van der Waals surface area contributed by atoms with Crippen molar-refractivity contribution in [2.75, 3.05) is 0 Å². The minimum Gasteiger partial charge on any atom is -0.309 e. The van der Waals surface area contributed by atoms with Crippen molar-refractivity contribution >= 4 is 50.6 Å². The van der Waals surface area contributed by atoms with Crippen LogP contribution in [0.25, 0.3) is 49.7 Å². The van der Waals surface area contributed by atoms with E-state index in [1.54, 1.807) is 0 Å². The van der Waals surface area contributed by atoms with Gasteiger partial charge in [-0.05, 0) is 67.3 Å². The molecular formula is C42H29NSi. The fraction of sp³-hybridized carbons (Fsp3) is 0. The molecule has 0 bridgehead atoms. The lowest BCUT2D eigenvalue weighted by molar-refractivity contribution is 1.18. The predicted molar refractivity (Wildman–Crippen MR) is 189 cm³/mol. The van der Waals surface area contributed by atoms with E-state index in [9.17, 15) is 0 Å². The quantitative estimate of drug-likeness (QED) is 0.189. The van der Waals surface area contributed by atoms with Gasteiger partial charge in [-0.2, -0.15) is 0 Å². The van der Waals surface area contributed by atoms with Crippen LogP contribution in [0.2, 0.25) is 0 Å². The Bertz CT molecular complexity index is 2210. The summed E-state index contributed by atoms with van der Waals surface area (Å²) in [6.07, 6.45) is 0. The third-order valence-corrected chi connectivity index (χ3v) is 14.4. The van der Waals surface area contributed by atoms with Crippen LogP contribution in [0.3, 0.4) is 0 Å². The minimum absolute atomic E-state index is 1.18. The van der Waals surface area contributed by atoms with Gasteiger partial charge < -0.3 is 4.57 Å². The molecular weight excluding hydrogens is 547 g/mol. The fourth-order valence-corrected chi connectivity index (χ4v) is 12.9. The second-order valence-corrected chi connectivity index (χ2v) is 15.4. The molecule has 0 radical (unpaired) electrons. The molecule has 0 atom stereocenters. The highest BCUT2D eigenvalue weighted by atomic mass is 28.3. The molecule has 9 rings (SSSR count). The zero-order valence-electron chi connectivity index (χ0n) is 24.2. The average Bonchev–Trinajstić information content (AvgIpc) is 3.39. The summed E-state index contributed by atoms with van der Waals surface area (Å²) in [5, 5.41) is 8.23. The normalized spacial score (nSPS) is 13.2. The predicted octanol–water partition coefficient (Wildman–Crippen LogP) is 7.81. The van der Waals surface area contributed by atoms with Crippen molar-refractivity contribution in [3.8, 4) is 27.9 Å². The molecule has 0 spiro atoms. The van der Waals surface area contributed by atoms with Crippen molar-refractivity contribution in [3.05, 3.63) is 176 Å². The van der Waals surface area contributed by atoms with E-state index in [-0.39, 0.29) is 0 Å². The number of nitrogens with zero attached hydrogens (tertiary/aromatic N) is 1. The standard InChI is InChI=1S/C42H29NSi/c1-2-14-31(15-3-1)44(41-24-12-8-20-37(41)33-16-4-5-17-34(33)38-21-9-13-25-42(38)44)32-28-26-30(27-29-32)43-39-22-10-6-18-35(39)36-19-7-11-23-40(36)43/h1-29H. The van der Waals surface area contributed by atoms with Crippen molar-refractivity contribution in [1.29, 1.82) is 0 Å². The first-order valence-electron chi connectivity index (χ1n) is 15.3. The van der Waals surface area contributed by atoms with Gasteiger partial charge in [0, 0.05) is 16.5 Å². The summed E-state index contributed by atoms with van der Waals surface area (Å²) in [5.41, 5.74) is 8.93. The molecule has 0 saturated heterocycles. The van der Waals surface area contributed by atoms with Crippen molar-refractivity contribution in [1.82, 2.24) is 4.57 Å². The van der Waals surface area contributed by atoms with Crippen LogP contribution in [0.4, 0.5) is 0 Å². The molecule has 2 heteroatoms. The van der Waals surface area contributed by atoms with E-state index in [0.29, 0.717) is 0 Å². The number of para-hydroxylation sites is 2. The van der Waals surface area contributed by atoms with E-state index in [2.05, 4.69) is 180 Å². The molecule has 2 heterocycles. The van der Waals surface area contributed by atoms with Crippen LogP contribution in [0.5, 0.6) is 0 Å². The summed E-state index contributed by atoms with van der Waals surface area (Å²) in [7, 11) is -2.75. The number of rotatable bonds is 3. The van der Waals surface area contributed by atoms with Crippen molar-refractivity contribution < 1.29 is 0 Å². The molecule has 0 fully saturated rings. The van der Waals surface area contributed by atoms with Crippen molar-refractivity contribution in [2.45, 2.75) is 0 Å². The molecule has 44 heavy (non-hydrogen) atoms. The largest absolute Gasteiger partial charge is 0.309 e. The SMILES string of the molecule is c1ccc([Si]2(c3ccc(-n4c5ccccc5c5ccccc54)cc3)c3ccccc3-c3ccccc3-c3ccccc32)cc1. The zero-order valence-corrected chi connectivity index (χ0v) is 25.2. The average molecular weight is 576 g/mol. The molecule has 8 aromatic rings. The van der Waals surface area contributed by atoms with Crippen molar-refractivity contribution in [3.63, 3.8) is 0 Å². The van der Waals surface area contributed by atoms with Crippen LogP contribution in [0, 0.1) is 0 Å². The maximum absolute atomic E-state index is 2.75. The number of hydrogen-bond donors (Lipinski definition) is 0. The number of fused-ring (bicyclic) bond motifs is 8. The van der Waals surface area contributed by atoms with E-state index in [0.717, 1.165) is 0 Å². The van der Waals surface area contributed by atoms with Gasteiger partial charge in [-0.15, -0.1) is 0 Å². The first-order valence-corrected chi connectivity index (χ1v) is 17.3. The molecule has 1 aliphatic rings. The van der Waals surface area contributed by atoms with Crippen LogP contribution in [0.15, 0.2) is 176 Å². The smallest absolute Gasteiger partial charge is 0.180 e. The van der Waals surface area contributed by atoms with Gasteiger partial charge in [-0.25, -0.2) is 0 Å². The molecule has 1 aromatic heterocycles. The lowest BCUT2D eigenvalue weighted by Crippen LogP contribution is -2.75. The highest BCUT2D eigenvalue weighted by Gasteiger charge is 2.46. The monoisotopic (exact) mass is 575 g/mol. The van der Waals surface area contributed by atoms with Gasteiger partial charge in [0.25, 0.3) is 0 Å². The molecule has 1 nitrogen and oxygen atoms in total. The van der Waals surface area contributed by atoms with E-state index in [1.807, 2.05) is 0 Å². The molecule has 0 saturated carbocycles. The summed E-state index contributed by atoms with van der Waals surface area (Å²) in [6, 6.07) is 65.5. The number of benzene rings is 7. The Hall–Kier alpha value is -5.44. The third kappa shape index (κ3) is 3.46. The lowest BCUT2D eigenvalue weighted by Gasteiger charge is -2.35. The first kappa shape index (κ1) is 25.1. The lowest BCUT2D eigenvalue weighted by atomic mass is 9.95. The van der Waals surface area contributed by atoms with Crippen LogP contribution in [-0.4, -0.2) is 12.6 Å². The molecule has 0 unspecified atom stereocenters. The molecule has 206 valence electrons. The first-order chi connectivity index (χ1) is 21.9. The molecule has 1 aliphatic heterocycles. The van der Waals surface area contributed by atoms with Crippen LogP contribution in [0.1, 0.15) is 0 Å². The Morgan fingerprint density at radius 3 is 1.27 bits per heavy atom. The molecule has 7 aromatic carbocycles. The molecule has 0 aliphatic carbocycles. The fourth-order valence-electron chi connectivity index (χ4n) is 7.73. The van der Waals surface area contributed by atoms with Crippen LogP contribution < -0.4 is 20.7 Å². The Kier molecular flexibility index (Phi) is 5.59. The Morgan fingerprint density at radius 1 is 0.318 bits per heavy atom.